The van der Waals surface area contributed by atoms with E-state index in [1.54, 1.807) is 32.9 Å². The van der Waals surface area contributed by atoms with E-state index in [4.69, 9.17) is 16.3 Å². The number of carbonyl (C=O) groups excluding carboxylic acids is 1. The van der Waals surface area contributed by atoms with E-state index in [-0.39, 0.29) is 11.7 Å². The van der Waals surface area contributed by atoms with Crippen molar-refractivity contribution < 1.29 is 9.53 Å². The highest BCUT2D eigenvalue weighted by Crippen LogP contribution is 2.40. The minimum atomic E-state index is -0.600. The number of H-pyrrole nitrogens is 1. The predicted molar refractivity (Wildman–Crippen MR) is 112 cm³/mol. The van der Waals surface area contributed by atoms with Gasteiger partial charge in [0.15, 0.2) is 5.16 Å². The van der Waals surface area contributed by atoms with Crippen LogP contribution in [0, 0.1) is 0 Å². The summed E-state index contributed by atoms with van der Waals surface area (Å²) in [7, 11) is 0. The third kappa shape index (κ3) is 4.10. The molecule has 1 aliphatic rings. The Kier molecular flexibility index (Phi) is 6.15. The number of aromatic amines is 1. The average Bonchev–Trinajstić information content (AvgIpc) is 2.60. The Morgan fingerprint density at radius 1 is 1.32 bits per heavy atom. The fourth-order valence-electron chi connectivity index (χ4n) is 3.17. The van der Waals surface area contributed by atoms with Crippen LogP contribution in [0.1, 0.15) is 44.7 Å². The Bertz CT molecular complexity index is 983. The normalized spacial score (nSPS) is 16.0. The molecular weight excluding hydrogens is 398 g/mol. The second-order valence-electron chi connectivity index (χ2n) is 6.67. The van der Waals surface area contributed by atoms with Gasteiger partial charge in [-0.3, -0.25) is 4.79 Å². The van der Waals surface area contributed by atoms with Crippen molar-refractivity contribution in [3.8, 4) is 0 Å². The number of nitrogens with one attached hydrogen (secondary N) is 2. The van der Waals surface area contributed by atoms with Crippen molar-refractivity contribution in [2.45, 2.75) is 44.9 Å². The molecule has 1 atom stereocenters. The van der Waals surface area contributed by atoms with Crippen LogP contribution in [0.2, 0.25) is 5.02 Å². The molecule has 148 valence electrons. The second kappa shape index (κ2) is 8.41. The first-order valence-corrected chi connectivity index (χ1v) is 10.4. The van der Waals surface area contributed by atoms with Crippen molar-refractivity contribution in [1.82, 2.24) is 9.97 Å². The lowest BCUT2D eigenvalue weighted by atomic mass is 9.82. The largest absolute Gasteiger partial charge is 0.460 e. The fraction of sp³-hybridized carbons (Fsp3) is 0.350. The first-order valence-electron chi connectivity index (χ1n) is 9.03. The summed E-state index contributed by atoms with van der Waals surface area (Å²) in [5, 5.41) is 4.24. The number of aromatic nitrogens is 2. The second-order valence-corrected chi connectivity index (χ2v) is 8.36. The van der Waals surface area contributed by atoms with Gasteiger partial charge in [-0.05, 0) is 44.2 Å². The maximum absolute atomic E-state index is 13.0. The Hall–Kier alpha value is -2.25. The molecule has 2 aromatic rings. The maximum atomic E-state index is 13.0. The number of halogens is 1. The van der Waals surface area contributed by atoms with Gasteiger partial charge in [0, 0.05) is 10.7 Å². The summed E-state index contributed by atoms with van der Waals surface area (Å²) in [5.41, 5.74) is 1.89. The van der Waals surface area contributed by atoms with E-state index in [1.807, 2.05) is 19.1 Å². The van der Waals surface area contributed by atoms with Crippen LogP contribution in [-0.4, -0.2) is 27.8 Å². The summed E-state index contributed by atoms with van der Waals surface area (Å²) in [6.45, 7) is 7.35. The highest BCUT2D eigenvalue weighted by molar-refractivity contribution is 7.99. The number of ether oxygens (including phenoxy) is 1. The molecule has 2 N–H and O–H groups in total. The van der Waals surface area contributed by atoms with E-state index in [1.165, 1.54) is 11.8 Å². The lowest BCUT2D eigenvalue weighted by Crippen LogP contribution is -2.31. The van der Waals surface area contributed by atoms with Crippen LogP contribution in [0.15, 0.2) is 45.5 Å². The lowest BCUT2D eigenvalue weighted by Gasteiger charge is -2.29. The van der Waals surface area contributed by atoms with Gasteiger partial charge in [0.2, 0.25) is 0 Å². The van der Waals surface area contributed by atoms with E-state index in [0.29, 0.717) is 32.8 Å². The van der Waals surface area contributed by atoms with Crippen molar-refractivity contribution in [2.75, 3.05) is 11.1 Å². The van der Waals surface area contributed by atoms with E-state index in [9.17, 15) is 9.59 Å². The third-order valence-electron chi connectivity index (χ3n) is 4.27. The molecule has 6 nitrogen and oxygen atoms in total. The number of allylic oxidation sites excluding steroid dienone is 1. The van der Waals surface area contributed by atoms with Crippen LogP contribution in [0.25, 0.3) is 0 Å². The first-order chi connectivity index (χ1) is 13.3. The molecule has 1 aliphatic heterocycles. The molecule has 2 heterocycles. The average molecular weight is 420 g/mol. The molecule has 0 fully saturated rings. The summed E-state index contributed by atoms with van der Waals surface area (Å²) < 4.78 is 5.45. The van der Waals surface area contributed by atoms with Gasteiger partial charge in [-0.15, -0.1) is 0 Å². The summed E-state index contributed by atoms with van der Waals surface area (Å²) in [5.74, 6) is 0.176. The molecule has 0 bridgehead atoms. The Morgan fingerprint density at radius 2 is 2.00 bits per heavy atom. The van der Waals surface area contributed by atoms with Crippen molar-refractivity contribution in [3.05, 3.63) is 62.0 Å². The number of carbonyl (C=O) groups is 1. The number of nitrogens with zero attached hydrogens (tertiary/aromatic N) is 1. The summed E-state index contributed by atoms with van der Waals surface area (Å²) in [4.78, 5) is 33.2. The van der Waals surface area contributed by atoms with Gasteiger partial charge >= 0.3 is 5.97 Å². The number of anilines is 1. The number of benzene rings is 1. The Labute approximate surface area is 172 Å². The molecule has 0 saturated heterocycles. The van der Waals surface area contributed by atoms with Gasteiger partial charge in [-0.25, -0.2) is 9.78 Å². The van der Waals surface area contributed by atoms with E-state index in [0.717, 1.165) is 11.3 Å². The molecule has 3 rings (SSSR count). The molecule has 0 spiro atoms. The van der Waals surface area contributed by atoms with Crippen molar-refractivity contribution in [2.24, 2.45) is 0 Å². The molecule has 0 aliphatic carbocycles. The highest BCUT2D eigenvalue weighted by Gasteiger charge is 2.36. The summed E-state index contributed by atoms with van der Waals surface area (Å²) in [6.07, 6.45) is -0.278. The number of thioether (sulfide) groups is 1. The first kappa shape index (κ1) is 20.5. The number of hydrogen-bond donors (Lipinski definition) is 2. The molecule has 28 heavy (non-hydrogen) atoms. The zero-order valence-electron chi connectivity index (χ0n) is 16.1. The van der Waals surface area contributed by atoms with Crippen LogP contribution in [0.3, 0.4) is 0 Å². The monoisotopic (exact) mass is 419 g/mol. The molecular formula is C20H22ClN3O3S. The number of hydrogen-bond acceptors (Lipinski definition) is 6. The van der Waals surface area contributed by atoms with Gasteiger partial charge in [0.25, 0.3) is 5.56 Å². The van der Waals surface area contributed by atoms with Gasteiger partial charge in [-0.2, -0.15) is 0 Å². The van der Waals surface area contributed by atoms with Gasteiger partial charge < -0.3 is 15.0 Å². The van der Waals surface area contributed by atoms with E-state index in [2.05, 4.69) is 15.3 Å². The van der Waals surface area contributed by atoms with E-state index < -0.39 is 11.9 Å². The SMILES string of the molecule is CCSc1nc2c(c(=O)[nH]1)[C@H](c1ccc(Cl)cc1)C(C(=O)OC(C)C)=C(C)N2. The van der Waals surface area contributed by atoms with Crippen LogP contribution >= 0.6 is 23.4 Å². The standard InChI is InChI=1S/C20H22ClN3O3S/c1-5-28-20-23-17-16(18(25)24-20)15(12-6-8-13(21)9-7-12)14(11(4)22-17)19(26)27-10(2)3/h6-10,15H,5H2,1-4H3,(H2,22,23,24,25)/t15-/m1/s1. The topological polar surface area (TPSA) is 84.1 Å². The fourth-order valence-corrected chi connectivity index (χ4v) is 3.89. The predicted octanol–water partition coefficient (Wildman–Crippen LogP) is 4.32. The number of esters is 1. The molecule has 1 aromatic carbocycles. The number of fused-ring (bicyclic) bond motifs is 1. The zero-order chi connectivity index (χ0) is 20.4. The van der Waals surface area contributed by atoms with E-state index >= 15 is 0 Å². The molecule has 0 amide bonds. The third-order valence-corrected chi connectivity index (χ3v) is 5.28. The van der Waals surface area contributed by atoms with Gasteiger partial charge in [0.05, 0.1) is 23.2 Å². The maximum Gasteiger partial charge on any atom is 0.337 e. The molecule has 0 saturated carbocycles. The molecule has 1 aromatic heterocycles. The highest BCUT2D eigenvalue weighted by atomic mass is 35.5. The molecule has 8 heteroatoms. The van der Waals surface area contributed by atoms with Crippen LogP contribution < -0.4 is 10.9 Å². The quantitative estimate of drug-likeness (QED) is 0.426. The van der Waals surface area contributed by atoms with Gasteiger partial charge in [-0.1, -0.05) is 42.4 Å². The van der Waals surface area contributed by atoms with Crippen LogP contribution in [0.5, 0.6) is 0 Å². The molecule has 0 radical (unpaired) electrons. The zero-order valence-corrected chi connectivity index (χ0v) is 17.7. The minimum absolute atomic E-state index is 0.278. The van der Waals surface area contributed by atoms with Crippen LogP contribution in [0.4, 0.5) is 5.82 Å². The van der Waals surface area contributed by atoms with Crippen molar-refractivity contribution >= 4 is 35.1 Å². The van der Waals surface area contributed by atoms with Crippen molar-refractivity contribution in [1.29, 1.82) is 0 Å². The Morgan fingerprint density at radius 3 is 2.61 bits per heavy atom. The van der Waals surface area contributed by atoms with Crippen LogP contribution in [-0.2, 0) is 9.53 Å². The summed E-state index contributed by atoms with van der Waals surface area (Å²) >= 11 is 7.48. The molecule has 0 unspecified atom stereocenters. The van der Waals surface area contributed by atoms with Gasteiger partial charge in [0.1, 0.15) is 5.82 Å². The lowest BCUT2D eigenvalue weighted by molar-refractivity contribution is -0.143. The Balaban J connectivity index is 2.21. The number of rotatable bonds is 5. The van der Waals surface area contributed by atoms with Crippen molar-refractivity contribution in [3.63, 3.8) is 0 Å². The minimum Gasteiger partial charge on any atom is -0.460 e. The smallest absolute Gasteiger partial charge is 0.337 e. The summed E-state index contributed by atoms with van der Waals surface area (Å²) in [6, 6.07) is 7.10.